The fourth-order valence-corrected chi connectivity index (χ4v) is 5.03. The molecule has 0 unspecified atom stereocenters. The lowest BCUT2D eigenvalue weighted by Gasteiger charge is -2.16. The molecule has 0 fully saturated rings. The van der Waals surface area contributed by atoms with E-state index >= 15 is 0 Å². The average molecular weight is 561 g/mol. The molecule has 0 spiro atoms. The summed E-state index contributed by atoms with van der Waals surface area (Å²) in [6.45, 7) is 6.67. The number of carbonyl (C=O) groups excluding carboxylic acids is 3. The van der Waals surface area contributed by atoms with Crippen LogP contribution in [-0.4, -0.2) is 37.4 Å². The Kier molecular flexibility index (Phi) is 7.22. The van der Waals surface area contributed by atoms with Gasteiger partial charge in [-0.05, 0) is 54.2 Å². The molecule has 3 amide bonds. The number of fused-ring (bicyclic) bond motifs is 2. The lowest BCUT2D eigenvalue weighted by atomic mass is 9.97. The molecule has 0 aliphatic heterocycles. The normalized spacial score (nSPS) is 14.0. The van der Waals surface area contributed by atoms with Crippen molar-refractivity contribution in [3.05, 3.63) is 100 Å². The van der Waals surface area contributed by atoms with E-state index in [0.29, 0.717) is 24.0 Å². The lowest BCUT2D eigenvalue weighted by molar-refractivity contribution is -0.114. The van der Waals surface area contributed by atoms with Gasteiger partial charge in [0.1, 0.15) is 23.0 Å². The summed E-state index contributed by atoms with van der Waals surface area (Å²) in [6.07, 6.45) is 2.19. The third-order valence-electron chi connectivity index (χ3n) is 7.00. The Morgan fingerprint density at radius 1 is 1.12 bits per heavy atom. The summed E-state index contributed by atoms with van der Waals surface area (Å²) in [5.41, 5.74) is 3.27. The van der Waals surface area contributed by atoms with E-state index < -0.39 is 29.4 Å². The van der Waals surface area contributed by atoms with Crippen LogP contribution in [0.25, 0.3) is 11.4 Å². The Labute approximate surface area is 233 Å². The highest BCUT2D eigenvalue weighted by molar-refractivity contribution is 5.98. The Balaban J connectivity index is 1.38. The highest BCUT2D eigenvalue weighted by atomic mass is 19.1. The number of anilines is 1. The maximum absolute atomic E-state index is 14.5. The number of nitrogens with zero attached hydrogens (tertiary/aromatic N) is 3. The third-order valence-corrected chi connectivity index (χ3v) is 7.00. The molecular formula is C29H26F2N6O4. The second-order valence-corrected chi connectivity index (χ2v) is 9.75. The summed E-state index contributed by atoms with van der Waals surface area (Å²) < 4.78 is 29.5. The number of hydrogen-bond donors (Lipinski definition) is 4. The molecular weight excluding hydrogens is 534 g/mol. The van der Waals surface area contributed by atoms with Crippen molar-refractivity contribution in [2.75, 3.05) is 5.32 Å². The van der Waals surface area contributed by atoms with E-state index in [0.717, 1.165) is 33.5 Å². The van der Waals surface area contributed by atoms with E-state index in [1.165, 1.54) is 25.1 Å². The molecule has 1 atom stereocenters. The average Bonchev–Trinajstić information content (AvgIpc) is 3.51. The third kappa shape index (κ3) is 5.36. The van der Waals surface area contributed by atoms with E-state index in [9.17, 15) is 28.3 Å². The van der Waals surface area contributed by atoms with Gasteiger partial charge in [-0.25, -0.2) is 18.3 Å². The maximum atomic E-state index is 14.5. The molecule has 0 radical (unpaired) electrons. The van der Waals surface area contributed by atoms with Gasteiger partial charge in [-0.3, -0.25) is 14.4 Å². The highest BCUT2D eigenvalue weighted by Crippen LogP contribution is 2.36. The molecule has 4 aromatic rings. The van der Waals surface area contributed by atoms with Gasteiger partial charge < -0.3 is 21.1 Å². The highest BCUT2D eigenvalue weighted by Gasteiger charge is 2.28. The fourth-order valence-electron chi connectivity index (χ4n) is 5.03. The second kappa shape index (κ2) is 10.8. The molecule has 0 bridgehead atoms. The second-order valence-electron chi connectivity index (χ2n) is 9.75. The molecule has 4 N–H and O–H groups in total. The van der Waals surface area contributed by atoms with Crippen molar-refractivity contribution in [1.29, 1.82) is 0 Å². The van der Waals surface area contributed by atoms with Crippen LogP contribution in [0, 0.1) is 18.6 Å². The van der Waals surface area contributed by atoms with Crippen molar-refractivity contribution < 1.29 is 28.3 Å². The number of aliphatic hydroxyl groups excluding tert-OH is 1. The molecule has 0 saturated heterocycles. The van der Waals surface area contributed by atoms with E-state index in [4.69, 9.17) is 0 Å². The molecule has 12 heteroatoms. The minimum absolute atomic E-state index is 0.0314. The lowest BCUT2D eigenvalue weighted by Crippen LogP contribution is -2.30. The number of amides is 3. The van der Waals surface area contributed by atoms with Gasteiger partial charge in [0, 0.05) is 25.1 Å². The minimum atomic E-state index is -0.814. The van der Waals surface area contributed by atoms with Crippen LogP contribution in [0.5, 0.6) is 0 Å². The quantitative estimate of drug-likeness (QED) is 0.251. The number of carbonyl (C=O) groups is 3. The smallest absolute Gasteiger partial charge is 0.270 e. The predicted octanol–water partition coefficient (Wildman–Crippen LogP) is 4.15. The summed E-state index contributed by atoms with van der Waals surface area (Å²) in [7, 11) is 0. The summed E-state index contributed by atoms with van der Waals surface area (Å²) in [6, 6.07) is 8.42. The van der Waals surface area contributed by atoms with Crippen LogP contribution in [0.3, 0.4) is 0 Å². The number of aliphatic hydroxyl groups is 1. The summed E-state index contributed by atoms with van der Waals surface area (Å²) in [4.78, 5) is 41.8. The number of hydrogen-bond acceptors (Lipinski definition) is 6. The number of aromatic nitrogens is 3. The van der Waals surface area contributed by atoms with Crippen LogP contribution in [0.15, 0.2) is 49.2 Å². The van der Waals surface area contributed by atoms with E-state index in [2.05, 4.69) is 32.6 Å². The van der Waals surface area contributed by atoms with E-state index in [1.54, 1.807) is 6.07 Å². The van der Waals surface area contributed by atoms with E-state index in [-0.39, 0.29) is 41.1 Å². The van der Waals surface area contributed by atoms with Crippen molar-refractivity contribution in [3.63, 3.8) is 0 Å². The number of benzene rings is 2. The number of rotatable bonds is 7. The summed E-state index contributed by atoms with van der Waals surface area (Å²) in [5.74, 6) is -3.21. The summed E-state index contributed by atoms with van der Waals surface area (Å²) in [5, 5.41) is 21.7. The Morgan fingerprint density at radius 2 is 1.90 bits per heavy atom. The molecule has 2 heterocycles. The van der Waals surface area contributed by atoms with Crippen molar-refractivity contribution in [1.82, 2.24) is 25.2 Å². The van der Waals surface area contributed by atoms with Gasteiger partial charge in [0.2, 0.25) is 5.91 Å². The Hall–Kier alpha value is -5.13. The van der Waals surface area contributed by atoms with Gasteiger partial charge in [0.05, 0.1) is 17.9 Å². The minimum Gasteiger partial charge on any atom is -0.508 e. The van der Waals surface area contributed by atoms with Gasteiger partial charge in [0.25, 0.3) is 11.8 Å². The largest absolute Gasteiger partial charge is 0.508 e. The van der Waals surface area contributed by atoms with Crippen molar-refractivity contribution in [2.45, 2.75) is 39.3 Å². The molecule has 1 aliphatic carbocycles. The molecule has 2 aromatic heterocycles. The first-order valence-electron chi connectivity index (χ1n) is 12.7. The van der Waals surface area contributed by atoms with Crippen LogP contribution >= 0.6 is 0 Å². The summed E-state index contributed by atoms with van der Waals surface area (Å²) >= 11 is 0. The number of halogens is 2. The van der Waals surface area contributed by atoms with Gasteiger partial charge in [-0.2, -0.15) is 5.10 Å². The maximum Gasteiger partial charge on any atom is 0.270 e. The van der Waals surface area contributed by atoms with Crippen molar-refractivity contribution in [3.8, 4) is 0 Å². The molecule has 10 nitrogen and oxygen atoms in total. The first-order chi connectivity index (χ1) is 19.5. The molecule has 210 valence electrons. The van der Waals surface area contributed by atoms with Gasteiger partial charge >= 0.3 is 0 Å². The zero-order valence-corrected chi connectivity index (χ0v) is 22.2. The monoisotopic (exact) mass is 560 g/mol. The van der Waals surface area contributed by atoms with Crippen LogP contribution in [0.1, 0.15) is 68.2 Å². The fraction of sp³-hybridized carbons (Fsp3) is 0.207. The van der Waals surface area contributed by atoms with E-state index in [1.807, 2.05) is 13.0 Å². The molecule has 41 heavy (non-hydrogen) atoms. The van der Waals surface area contributed by atoms with Gasteiger partial charge in [-0.1, -0.05) is 24.8 Å². The predicted molar refractivity (Wildman–Crippen MR) is 146 cm³/mol. The van der Waals surface area contributed by atoms with Crippen LogP contribution < -0.4 is 16.0 Å². The Morgan fingerprint density at radius 3 is 2.63 bits per heavy atom. The zero-order chi connectivity index (χ0) is 29.4. The standard InChI is InChI=1S/C29H26F2N6O4/c1-14-18(15(2)38)5-6-20-19(14)7-9-23(20)36-29(41)26-11-25(35-27-22(31)13-33-37(26)27)28(40)32-12-17-4-8-21(30)24(10-17)34-16(3)39/h4-6,8,10-11,13,23,38H,2,7,9,12H2,1,3H3,(H,32,40)(H,34,39)(H,36,41)/t23-/m0/s1. The number of nitrogens with one attached hydrogen (secondary N) is 3. The first kappa shape index (κ1) is 27.4. The molecule has 0 saturated carbocycles. The molecule has 2 aromatic carbocycles. The Bertz CT molecular complexity index is 1750. The van der Waals surface area contributed by atoms with Crippen molar-refractivity contribution in [2.24, 2.45) is 0 Å². The van der Waals surface area contributed by atoms with Crippen LogP contribution in [0.4, 0.5) is 14.5 Å². The first-order valence-corrected chi connectivity index (χ1v) is 12.7. The topological polar surface area (TPSA) is 138 Å². The zero-order valence-electron chi connectivity index (χ0n) is 22.2. The van der Waals surface area contributed by atoms with Crippen LogP contribution in [-0.2, 0) is 17.8 Å². The SMILES string of the molecule is C=C(O)c1ccc2c(c1C)CC[C@@H]2NC(=O)c1cc(C(=O)NCc2ccc(F)c(NC(C)=O)c2)nc2c(F)cnn12. The van der Waals surface area contributed by atoms with Gasteiger partial charge in [-0.15, -0.1) is 0 Å². The van der Waals surface area contributed by atoms with Gasteiger partial charge in [0.15, 0.2) is 11.5 Å². The van der Waals surface area contributed by atoms with Crippen LogP contribution in [0.2, 0.25) is 0 Å². The van der Waals surface area contributed by atoms with Crippen molar-refractivity contribution >= 4 is 34.8 Å². The molecule has 5 rings (SSSR count). The molecule has 1 aliphatic rings.